The molecule has 1 atom stereocenters. The van der Waals surface area contributed by atoms with Crippen molar-refractivity contribution in [2.75, 3.05) is 24.7 Å². The van der Waals surface area contributed by atoms with Gasteiger partial charge in [-0.3, -0.25) is 4.79 Å². The third kappa shape index (κ3) is 5.44. The summed E-state index contributed by atoms with van der Waals surface area (Å²) in [5.41, 5.74) is 2.29. The van der Waals surface area contributed by atoms with Crippen molar-refractivity contribution >= 4 is 35.3 Å². The minimum atomic E-state index is -0.990. The summed E-state index contributed by atoms with van der Waals surface area (Å²) in [6, 6.07) is 12.8. The van der Waals surface area contributed by atoms with E-state index in [0.717, 1.165) is 17.7 Å². The molecule has 1 fully saturated rings. The van der Waals surface area contributed by atoms with Crippen molar-refractivity contribution < 1.29 is 24.5 Å². The summed E-state index contributed by atoms with van der Waals surface area (Å²) in [5.74, 6) is 0.187. The molecule has 1 amide bonds. The number of anilines is 1. The average Bonchev–Trinajstić information content (AvgIpc) is 3.06. The second kappa shape index (κ2) is 10.4. The second-order valence-corrected chi connectivity index (χ2v) is 7.45. The predicted octanol–water partition coefficient (Wildman–Crippen LogP) is 3.55. The number of rotatable bonds is 8. The fourth-order valence-electron chi connectivity index (χ4n) is 2.93. The third-order valence-electron chi connectivity index (χ3n) is 4.53. The second-order valence-electron chi connectivity index (χ2n) is 7.04. The van der Waals surface area contributed by atoms with Gasteiger partial charge in [-0.05, 0) is 48.7 Å². The van der Waals surface area contributed by atoms with Gasteiger partial charge in [0.2, 0.25) is 0 Å². The maximum Gasteiger partial charge on any atom is 0.305 e. The number of carbonyl (C=O) groups is 1. The third-order valence-corrected chi connectivity index (χ3v) is 4.82. The van der Waals surface area contributed by atoms with Crippen LogP contribution in [0.15, 0.2) is 53.2 Å². The number of carbonyl (C=O) groups excluding carboxylic acids is 1. The molecule has 31 heavy (non-hydrogen) atoms. The van der Waals surface area contributed by atoms with Crippen LogP contribution < -0.4 is 9.64 Å². The molecule has 1 aliphatic heterocycles. The number of aliphatic hydroxyl groups excluding tert-OH is 2. The van der Waals surface area contributed by atoms with E-state index in [-0.39, 0.29) is 24.3 Å². The molecule has 2 aromatic rings. The van der Waals surface area contributed by atoms with Gasteiger partial charge in [-0.1, -0.05) is 42.8 Å². The van der Waals surface area contributed by atoms with Crippen molar-refractivity contribution in [2.45, 2.75) is 26.4 Å². The molecule has 1 aliphatic rings. The molecule has 0 aromatic heterocycles. The lowest BCUT2D eigenvalue weighted by atomic mass is 10.1. The highest BCUT2D eigenvalue weighted by atomic mass is 35.5. The molecule has 0 aliphatic carbocycles. The molecule has 1 saturated heterocycles. The van der Waals surface area contributed by atoms with Crippen LogP contribution in [0.25, 0.3) is 6.08 Å². The van der Waals surface area contributed by atoms with Crippen LogP contribution in [0.4, 0.5) is 5.69 Å². The van der Waals surface area contributed by atoms with Crippen molar-refractivity contribution in [3.63, 3.8) is 0 Å². The van der Waals surface area contributed by atoms with Crippen molar-refractivity contribution in [1.29, 1.82) is 0 Å². The summed E-state index contributed by atoms with van der Waals surface area (Å²) in [7, 11) is 0. The molecule has 8 heteroatoms. The van der Waals surface area contributed by atoms with E-state index in [2.05, 4.69) is 4.99 Å². The van der Waals surface area contributed by atoms with Gasteiger partial charge < -0.3 is 19.7 Å². The maximum absolute atomic E-state index is 13.1. The quantitative estimate of drug-likeness (QED) is 0.607. The Bertz CT molecular complexity index is 1010. The lowest BCUT2D eigenvalue weighted by molar-refractivity contribution is -0.114. The standard InChI is InChI=1S/C23H25ClN2O5/c1-3-10-25-23-26(19-7-5-4-6-15(19)2)22(29)21(31-23)12-16-8-9-20(18(24)11-16)30-14-17(28)13-27/h4-9,11-12,17,27-28H,3,10,13-14H2,1-2H3/b21-12+,25-23?. The molecular formula is C23H25ClN2O5. The number of hydrogen-bond donors (Lipinski definition) is 2. The van der Waals surface area contributed by atoms with Crippen LogP contribution in [0.2, 0.25) is 5.02 Å². The van der Waals surface area contributed by atoms with Crippen LogP contribution >= 0.6 is 11.6 Å². The normalized spacial score (nSPS) is 17.3. The Kier molecular flexibility index (Phi) is 7.68. The summed E-state index contributed by atoms with van der Waals surface area (Å²) in [4.78, 5) is 19.1. The SMILES string of the molecule is CCCN=C1O/C(=C/c2ccc(OCC(O)CO)c(Cl)c2)C(=O)N1c1ccccc1C. The number of halogens is 1. The zero-order valence-electron chi connectivity index (χ0n) is 17.4. The highest BCUT2D eigenvalue weighted by molar-refractivity contribution is 6.32. The van der Waals surface area contributed by atoms with Crippen LogP contribution in [0.3, 0.4) is 0 Å². The fourth-order valence-corrected chi connectivity index (χ4v) is 3.17. The molecule has 1 unspecified atom stereocenters. The van der Waals surface area contributed by atoms with E-state index < -0.39 is 12.7 Å². The van der Waals surface area contributed by atoms with E-state index in [9.17, 15) is 9.90 Å². The molecular weight excluding hydrogens is 420 g/mol. The first-order valence-corrected chi connectivity index (χ1v) is 10.4. The van der Waals surface area contributed by atoms with E-state index in [1.165, 1.54) is 4.90 Å². The van der Waals surface area contributed by atoms with Gasteiger partial charge in [-0.15, -0.1) is 0 Å². The summed E-state index contributed by atoms with van der Waals surface area (Å²) in [5, 5.41) is 18.6. The number of ether oxygens (including phenoxy) is 2. The minimum absolute atomic E-state index is 0.0824. The van der Waals surface area contributed by atoms with Gasteiger partial charge in [0.1, 0.15) is 18.5 Å². The lowest BCUT2D eigenvalue weighted by Crippen LogP contribution is -2.30. The fraction of sp³-hybridized carbons (Fsp3) is 0.304. The average molecular weight is 445 g/mol. The van der Waals surface area contributed by atoms with Crippen molar-refractivity contribution in [2.24, 2.45) is 4.99 Å². The van der Waals surface area contributed by atoms with E-state index in [4.69, 9.17) is 26.2 Å². The van der Waals surface area contributed by atoms with Crippen LogP contribution in [0.1, 0.15) is 24.5 Å². The molecule has 0 radical (unpaired) electrons. The zero-order valence-corrected chi connectivity index (χ0v) is 18.2. The molecule has 2 aromatic carbocycles. The number of amides is 1. The monoisotopic (exact) mass is 444 g/mol. The Morgan fingerprint density at radius 1 is 1.29 bits per heavy atom. The Balaban J connectivity index is 1.88. The number of hydrogen-bond acceptors (Lipinski definition) is 6. The highest BCUT2D eigenvalue weighted by Gasteiger charge is 2.36. The highest BCUT2D eigenvalue weighted by Crippen LogP contribution is 2.31. The van der Waals surface area contributed by atoms with Gasteiger partial charge in [0.15, 0.2) is 5.76 Å². The summed E-state index contributed by atoms with van der Waals surface area (Å²) < 4.78 is 11.2. The molecule has 2 N–H and O–H groups in total. The molecule has 1 heterocycles. The zero-order chi connectivity index (χ0) is 22.4. The van der Waals surface area contributed by atoms with E-state index in [1.807, 2.05) is 38.1 Å². The predicted molar refractivity (Wildman–Crippen MR) is 120 cm³/mol. The van der Waals surface area contributed by atoms with E-state index in [0.29, 0.717) is 22.9 Å². The van der Waals surface area contributed by atoms with Gasteiger partial charge >= 0.3 is 11.9 Å². The molecule has 0 bridgehead atoms. The topological polar surface area (TPSA) is 91.6 Å². The number of benzene rings is 2. The first-order chi connectivity index (χ1) is 14.9. The number of para-hydroxylation sites is 1. The molecule has 164 valence electrons. The number of nitrogens with zero attached hydrogens (tertiary/aromatic N) is 2. The van der Waals surface area contributed by atoms with Gasteiger partial charge in [0.05, 0.1) is 17.3 Å². The van der Waals surface area contributed by atoms with Crippen LogP contribution in [-0.2, 0) is 9.53 Å². The Labute approximate surface area is 186 Å². The van der Waals surface area contributed by atoms with Gasteiger partial charge in [0, 0.05) is 6.54 Å². The molecule has 7 nitrogen and oxygen atoms in total. The van der Waals surface area contributed by atoms with Crippen LogP contribution in [0, 0.1) is 6.92 Å². The number of aliphatic imine (C=N–C) groups is 1. The molecule has 0 spiro atoms. The van der Waals surface area contributed by atoms with E-state index in [1.54, 1.807) is 24.3 Å². The van der Waals surface area contributed by atoms with E-state index >= 15 is 0 Å². The first kappa shape index (κ1) is 22.8. The number of aryl methyl sites for hydroxylation is 1. The van der Waals surface area contributed by atoms with Gasteiger partial charge in [0.25, 0.3) is 0 Å². The maximum atomic E-state index is 13.1. The molecule has 0 saturated carbocycles. The minimum Gasteiger partial charge on any atom is -0.489 e. The number of amidine groups is 1. The Morgan fingerprint density at radius 2 is 2.06 bits per heavy atom. The number of aliphatic hydroxyl groups is 2. The lowest BCUT2D eigenvalue weighted by Gasteiger charge is -2.15. The van der Waals surface area contributed by atoms with Crippen molar-refractivity contribution in [1.82, 2.24) is 0 Å². The smallest absolute Gasteiger partial charge is 0.305 e. The Morgan fingerprint density at radius 3 is 2.74 bits per heavy atom. The summed E-state index contributed by atoms with van der Waals surface area (Å²) in [6.07, 6.45) is 1.43. The van der Waals surface area contributed by atoms with Gasteiger partial charge in [-0.2, -0.15) is 0 Å². The largest absolute Gasteiger partial charge is 0.489 e. The van der Waals surface area contributed by atoms with Crippen LogP contribution in [-0.4, -0.2) is 48.0 Å². The Hall–Kier alpha value is -2.87. The van der Waals surface area contributed by atoms with Crippen molar-refractivity contribution in [3.05, 3.63) is 64.4 Å². The van der Waals surface area contributed by atoms with Crippen molar-refractivity contribution in [3.8, 4) is 5.75 Å². The molecule has 3 rings (SSSR count). The summed E-state index contributed by atoms with van der Waals surface area (Å²) >= 11 is 6.26. The van der Waals surface area contributed by atoms with Crippen LogP contribution in [0.5, 0.6) is 5.75 Å². The van der Waals surface area contributed by atoms with Gasteiger partial charge in [-0.25, -0.2) is 9.89 Å². The summed E-state index contributed by atoms with van der Waals surface area (Å²) in [6.45, 7) is 3.98. The first-order valence-electron chi connectivity index (χ1n) is 10.00.